The molecule has 0 radical (unpaired) electrons. The topological polar surface area (TPSA) is 46.6 Å². The number of fused-ring (bicyclic) bond motifs is 2. The average molecular weight is 299 g/mol. The minimum Gasteiger partial charge on any atom is -0.377 e. The van der Waals surface area contributed by atoms with Crippen LogP contribution >= 0.6 is 0 Å². The Balaban J connectivity index is 1.64. The van der Waals surface area contributed by atoms with Crippen molar-refractivity contribution in [3.8, 4) is 0 Å². The molecule has 0 bridgehead atoms. The first-order valence-electron chi connectivity index (χ1n) is 8.46. The van der Waals surface area contributed by atoms with E-state index in [9.17, 15) is 9.59 Å². The first-order chi connectivity index (χ1) is 10.7. The Hall–Kier alpha value is -1.42. The molecular formula is C18H21NO3. The highest BCUT2D eigenvalue weighted by Crippen LogP contribution is 2.57. The number of rotatable bonds is 0. The van der Waals surface area contributed by atoms with Gasteiger partial charge in [0.05, 0.1) is 25.0 Å². The van der Waals surface area contributed by atoms with Gasteiger partial charge in [0.15, 0.2) is 0 Å². The quantitative estimate of drug-likeness (QED) is 0.507. The first-order valence-corrected chi connectivity index (χ1v) is 8.46. The zero-order valence-electron chi connectivity index (χ0n) is 12.9. The maximum Gasteiger partial charge on any atom is 0.233 e. The van der Waals surface area contributed by atoms with Crippen LogP contribution in [0, 0.1) is 29.6 Å². The number of nitrogens with zero attached hydrogens (tertiary/aromatic N) is 1. The lowest BCUT2D eigenvalue weighted by atomic mass is 9.56. The molecule has 0 aromatic carbocycles. The van der Waals surface area contributed by atoms with E-state index in [4.69, 9.17) is 4.74 Å². The lowest BCUT2D eigenvalue weighted by Crippen LogP contribution is -2.44. The molecule has 3 aliphatic carbocycles. The fourth-order valence-electron chi connectivity index (χ4n) is 5.73. The highest BCUT2D eigenvalue weighted by molar-refractivity contribution is 6.05. The third kappa shape index (κ3) is 1.47. The van der Waals surface area contributed by atoms with Gasteiger partial charge in [0.1, 0.15) is 0 Å². The summed E-state index contributed by atoms with van der Waals surface area (Å²) >= 11 is 0. The molecule has 2 fully saturated rings. The lowest BCUT2D eigenvalue weighted by molar-refractivity contribution is -0.138. The van der Waals surface area contributed by atoms with Crippen LogP contribution in [0.5, 0.6) is 0 Å². The minimum atomic E-state index is -0.101. The van der Waals surface area contributed by atoms with Crippen LogP contribution in [0.3, 0.4) is 0 Å². The average Bonchev–Trinajstić information content (AvgIpc) is 2.77. The predicted octanol–water partition coefficient (Wildman–Crippen LogP) is 1.92. The maximum atomic E-state index is 12.6. The standard InChI is InChI=1S/C18H21NO3/c1-19-17(20)13-6-9-2-3-10-7-22-8-11-4-5-12(15(9)14(10)11)16(13)18(19)21/h4,10,12-14,16H,2-3,5-8H2,1H3/t10-,12-,13+,14+,16-/m1/s1. The van der Waals surface area contributed by atoms with Gasteiger partial charge in [-0.25, -0.2) is 0 Å². The van der Waals surface area contributed by atoms with Gasteiger partial charge in [0, 0.05) is 13.0 Å². The van der Waals surface area contributed by atoms with E-state index in [2.05, 4.69) is 6.08 Å². The van der Waals surface area contributed by atoms with E-state index in [1.54, 1.807) is 7.05 Å². The van der Waals surface area contributed by atoms with Crippen molar-refractivity contribution in [3.05, 3.63) is 22.8 Å². The van der Waals surface area contributed by atoms with E-state index in [0.29, 0.717) is 11.8 Å². The number of amides is 2. The summed E-state index contributed by atoms with van der Waals surface area (Å²) < 4.78 is 5.77. The van der Waals surface area contributed by atoms with E-state index in [0.717, 1.165) is 32.5 Å². The Kier molecular flexibility index (Phi) is 2.56. The normalized spacial score (nSPS) is 43.0. The summed E-state index contributed by atoms with van der Waals surface area (Å²) in [5.41, 5.74) is 4.47. The van der Waals surface area contributed by atoms with Crippen LogP contribution in [-0.4, -0.2) is 37.0 Å². The molecule has 5 atom stereocenters. The van der Waals surface area contributed by atoms with Gasteiger partial charge in [-0.2, -0.15) is 0 Å². The number of likely N-dealkylation sites (tertiary alicyclic amines) is 1. The van der Waals surface area contributed by atoms with E-state index < -0.39 is 0 Å². The van der Waals surface area contributed by atoms with Crippen LogP contribution in [0.4, 0.5) is 0 Å². The van der Waals surface area contributed by atoms with Crippen molar-refractivity contribution in [3.63, 3.8) is 0 Å². The van der Waals surface area contributed by atoms with E-state index >= 15 is 0 Å². The highest BCUT2D eigenvalue weighted by Gasteiger charge is 2.56. The molecule has 5 aliphatic rings. The summed E-state index contributed by atoms with van der Waals surface area (Å²) in [5, 5.41) is 0. The molecule has 0 aromatic heterocycles. The summed E-state index contributed by atoms with van der Waals surface area (Å²) in [6.45, 7) is 1.61. The molecule has 116 valence electrons. The molecule has 2 amide bonds. The van der Waals surface area contributed by atoms with E-state index in [1.807, 2.05) is 0 Å². The second-order valence-corrected chi connectivity index (χ2v) is 7.54. The number of carbonyl (C=O) groups is 2. The van der Waals surface area contributed by atoms with E-state index in [1.165, 1.54) is 28.0 Å². The fourth-order valence-corrected chi connectivity index (χ4v) is 5.73. The maximum absolute atomic E-state index is 12.6. The van der Waals surface area contributed by atoms with Crippen LogP contribution in [0.1, 0.15) is 25.7 Å². The van der Waals surface area contributed by atoms with Crippen molar-refractivity contribution in [2.45, 2.75) is 25.7 Å². The van der Waals surface area contributed by atoms with Crippen molar-refractivity contribution >= 4 is 11.8 Å². The first kappa shape index (κ1) is 13.1. The second-order valence-electron chi connectivity index (χ2n) is 7.54. The van der Waals surface area contributed by atoms with Gasteiger partial charge in [-0.15, -0.1) is 0 Å². The number of ether oxygens (including phenoxy) is 1. The summed E-state index contributed by atoms with van der Waals surface area (Å²) in [4.78, 5) is 26.4. The van der Waals surface area contributed by atoms with Crippen LogP contribution in [0.25, 0.3) is 0 Å². The summed E-state index contributed by atoms with van der Waals surface area (Å²) in [6.07, 6.45) is 6.31. The Labute approximate surface area is 130 Å². The molecule has 2 heterocycles. The molecule has 0 aromatic rings. The van der Waals surface area contributed by atoms with Crippen molar-refractivity contribution in [1.29, 1.82) is 0 Å². The zero-order chi connectivity index (χ0) is 15.0. The molecular weight excluding hydrogens is 278 g/mol. The molecule has 2 saturated heterocycles. The zero-order valence-corrected chi connectivity index (χ0v) is 12.9. The number of hydrogen-bond acceptors (Lipinski definition) is 3. The van der Waals surface area contributed by atoms with Crippen molar-refractivity contribution < 1.29 is 14.3 Å². The van der Waals surface area contributed by atoms with Gasteiger partial charge < -0.3 is 4.74 Å². The molecule has 0 saturated carbocycles. The minimum absolute atomic E-state index is 0.0467. The SMILES string of the molecule is CN1C(=O)[C@H]2[C@H](CC3=C4[C@@H]5C(=CC[C@H]42)COC[C@H]5CC3)C1=O. The smallest absolute Gasteiger partial charge is 0.233 e. The van der Waals surface area contributed by atoms with Crippen molar-refractivity contribution in [1.82, 2.24) is 4.90 Å². The Morgan fingerprint density at radius 2 is 2.09 bits per heavy atom. The number of imide groups is 1. The fraction of sp³-hybridized carbons (Fsp3) is 0.667. The number of allylic oxidation sites excluding steroid dienone is 3. The third-order valence-corrected chi connectivity index (χ3v) is 6.66. The lowest BCUT2D eigenvalue weighted by Gasteiger charge is -2.49. The van der Waals surface area contributed by atoms with Gasteiger partial charge in [-0.05, 0) is 43.1 Å². The van der Waals surface area contributed by atoms with Crippen LogP contribution < -0.4 is 0 Å². The molecule has 2 aliphatic heterocycles. The van der Waals surface area contributed by atoms with Crippen LogP contribution in [-0.2, 0) is 14.3 Å². The van der Waals surface area contributed by atoms with Gasteiger partial charge in [-0.3, -0.25) is 14.5 Å². The molecule has 0 N–H and O–H groups in total. The molecule has 4 nitrogen and oxygen atoms in total. The molecule has 0 spiro atoms. The molecule has 0 unspecified atom stereocenters. The predicted molar refractivity (Wildman–Crippen MR) is 79.6 cm³/mol. The van der Waals surface area contributed by atoms with Crippen molar-refractivity contribution in [2.75, 3.05) is 20.3 Å². The van der Waals surface area contributed by atoms with Crippen molar-refractivity contribution in [2.24, 2.45) is 29.6 Å². The molecule has 22 heavy (non-hydrogen) atoms. The third-order valence-electron chi connectivity index (χ3n) is 6.66. The van der Waals surface area contributed by atoms with Crippen LogP contribution in [0.2, 0.25) is 0 Å². The number of carbonyl (C=O) groups excluding carboxylic acids is 2. The number of hydrogen-bond donors (Lipinski definition) is 0. The Morgan fingerprint density at radius 3 is 2.95 bits per heavy atom. The Bertz CT molecular complexity index is 647. The molecule has 4 heteroatoms. The van der Waals surface area contributed by atoms with Gasteiger partial charge in [-0.1, -0.05) is 17.2 Å². The van der Waals surface area contributed by atoms with Crippen LogP contribution in [0.15, 0.2) is 22.8 Å². The summed E-state index contributed by atoms with van der Waals surface area (Å²) in [5.74, 6) is 1.27. The Morgan fingerprint density at radius 1 is 1.23 bits per heavy atom. The monoisotopic (exact) mass is 299 g/mol. The van der Waals surface area contributed by atoms with Gasteiger partial charge in [0.25, 0.3) is 0 Å². The highest BCUT2D eigenvalue weighted by atomic mass is 16.5. The summed E-state index contributed by atoms with van der Waals surface area (Å²) in [7, 11) is 1.66. The van der Waals surface area contributed by atoms with E-state index in [-0.39, 0.29) is 29.6 Å². The largest absolute Gasteiger partial charge is 0.377 e. The second kappa shape index (κ2) is 4.31. The molecule has 5 rings (SSSR count). The van der Waals surface area contributed by atoms with Gasteiger partial charge >= 0.3 is 0 Å². The summed E-state index contributed by atoms with van der Waals surface area (Å²) in [6, 6.07) is 0. The van der Waals surface area contributed by atoms with Gasteiger partial charge in [0.2, 0.25) is 11.8 Å².